The Balaban J connectivity index is 1.57. The molecular formula is C17H16ClN3O3S. The Labute approximate surface area is 154 Å². The van der Waals surface area contributed by atoms with Crippen molar-refractivity contribution in [2.24, 2.45) is 0 Å². The molecule has 25 heavy (non-hydrogen) atoms. The van der Waals surface area contributed by atoms with Gasteiger partial charge in [0, 0.05) is 35.1 Å². The van der Waals surface area contributed by atoms with Crippen LogP contribution in [0.25, 0.3) is 0 Å². The second-order valence-corrected chi connectivity index (χ2v) is 7.10. The normalized spacial score (nSPS) is 15.9. The summed E-state index contributed by atoms with van der Waals surface area (Å²) in [6.45, 7) is 0.350. The Morgan fingerprint density at radius 3 is 3.04 bits per heavy atom. The number of methoxy groups -OCH3 is 1. The quantitative estimate of drug-likeness (QED) is 0.837. The third kappa shape index (κ3) is 4.43. The van der Waals surface area contributed by atoms with Crippen LogP contribution in [-0.4, -0.2) is 29.2 Å². The first-order valence-corrected chi connectivity index (χ1v) is 8.83. The molecule has 0 aliphatic carbocycles. The Kier molecular flexibility index (Phi) is 5.45. The van der Waals surface area contributed by atoms with Gasteiger partial charge in [-0.2, -0.15) is 0 Å². The number of carbonyl (C=O) groups excluding carboxylic acids is 2. The molecule has 2 aromatic rings. The maximum absolute atomic E-state index is 12.2. The fourth-order valence-electron chi connectivity index (χ4n) is 2.37. The first-order chi connectivity index (χ1) is 12.0. The fraction of sp³-hybridized carbons (Fsp3) is 0.235. The van der Waals surface area contributed by atoms with Crippen LogP contribution in [0.4, 0.5) is 5.69 Å². The van der Waals surface area contributed by atoms with Gasteiger partial charge in [-0.25, -0.2) is 4.98 Å². The number of pyridine rings is 1. The number of nitrogens with zero attached hydrogens (tertiary/aromatic N) is 1. The van der Waals surface area contributed by atoms with E-state index in [2.05, 4.69) is 15.6 Å². The molecule has 0 radical (unpaired) electrons. The van der Waals surface area contributed by atoms with Crippen molar-refractivity contribution in [2.45, 2.75) is 23.1 Å². The van der Waals surface area contributed by atoms with Crippen LogP contribution < -0.4 is 15.4 Å². The van der Waals surface area contributed by atoms with Gasteiger partial charge in [0.15, 0.2) is 0 Å². The molecule has 1 atom stereocenters. The lowest BCUT2D eigenvalue weighted by atomic mass is 10.2. The standard InChI is InChI=1S/C17H16ClN3O3S/c1-24-16-6-10(4-5-19-16)9-20-15(22)8-14-17(23)21-12-7-11(18)2-3-13(12)25-14/h2-7,14H,8-9H2,1H3,(H,20,22)(H,21,23). The van der Waals surface area contributed by atoms with E-state index in [0.29, 0.717) is 23.1 Å². The molecule has 0 saturated carbocycles. The molecule has 0 saturated heterocycles. The van der Waals surface area contributed by atoms with Crippen molar-refractivity contribution in [1.29, 1.82) is 0 Å². The van der Waals surface area contributed by atoms with E-state index in [1.54, 1.807) is 30.5 Å². The van der Waals surface area contributed by atoms with Gasteiger partial charge in [0.25, 0.3) is 0 Å². The minimum atomic E-state index is -0.472. The van der Waals surface area contributed by atoms with Gasteiger partial charge in [-0.1, -0.05) is 11.6 Å². The predicted octanol–water partition coefficient (Wildman–Crippen LogP) is 2.86. The molecule has 1 aliphatic rings. The minimum Gasteiger partial charge on any atom is -0.481 e. The molecule has 2 heterocycles. The summed E-state index contributed by atoms with van der Waals surface area (Å²) >= 11 is 7.30. The first kappa shape index (κ1) is 17.6. The SMILES string of the molecule is COc1cc(CNC(=O)CC2Sc3ccc(Cl)cc3NC2=O)ccn1. The summed E-state index contributed by atoms with van der Waals surface area (Å²) in [6.07, 6.45) is 1.72. The van der Waals surface area contributed by atoms with Crippen molar-refractivity contribution in [3.63, 3.8) is 0 Å². The van der Waals surface area contributed by atoms with Crippen molar-refractivity contribution >= 4 is 40.9 Å². The first-order valence-electron chi connectivity index (χ1n) is 7.58. The lowest BCUT2D eigenvalue weighted by Crippen LogP contribution is -2.34. The number of halogens is 1. The molecule has 1 aliphatic heterocycles. The van der Waals surface area contributed by atoms with E-state index in [4.69, 9.17) is 16.3 Å². The van der Waals surface area contributed by atoms with Gasteiger partial charge < -0.3 is 15.4 Å². The molecule has 1 aromatic heterocycles. The average Bonchev–Trinajstić information content (AvgIpc) is 2.61. The van der Waals surface area contributed by atoms with Gasteiger partial charge in [-0.05, 0) is 29.8 Å². The highest BCUT2D eigenvalue weighted by Gasteiger charge is 2.29. The molecule has 3 rings (SSSR count). The highest BCUT2D eigenvalue weighted by molar-refractivity contribution is 8.01. The summed E-state index contributed by atoms with van der Waals surface area (Å²) in [5.74, 6) is 0.102. The number of hydrogen-bond acceptors (Lipinski definition) is 5. The van der Waals surface area contributed by atoms with Gasteiger partial charge in [-0.3, -0.25) is 9.59 Å². The molecule has 130 valence electrons. The molecule has 0 spiro atoms. The molecule has 8 heteroatoms. The van der Waals surface area contributed by atoms with Crippen LogP contribution >= 0.6 is 23.4 Å². The number of aromatic nitrogens is 1. The topological polar surface area (TPSA) is 80.3 Å². The van der Waals surface area contributed by atoms with Gasteiger partial charge >= 0.3 is 0 Å². The minimum absolute atomic E-state index is 0.0980. The second-order valence-electron chi connectivity index (χ2n) is 5.42. The molecule has 2 amide bonds. The van der Waals surface area contributed by atoms with E-state index in [1.165, 1.54) is 18.9 Å². The van der Waals surface area contributed by atoms with Crippen LogP contribution in [0.2, 0.25) is 5.02 Å². The zero-order chi connectivity index (χ0) is 17.8. The lowest BCUT2D eigenvalue weighted by Gasteiger charge is -2.23. The van der Waals surface area contributed by atoms with Crippen molar-refractivity contribution in [2.75, 3.05) is 12.4 Å². The average molecular weight is 378 g/mol. The fourth-order valence-corrected chi connectivity index (χ4v) is 3.63. The number of anilines is 1. The Morgan fingerprint density at radius 2 is 2.24 bits per heavy atom. The zero-order valence-corrected chi connectivity index (χ0v) is 15.0. The maximum Gasteiger partial charge on any atom is 0.238 e. The van der Waals surface area contributed by atoms with Crippen molar-refractivity contribution in [1.82, 2.24) is 10.3 Å². The van der Waals surface area contributed by atoms with Gasteiger partial charge in [0.05, 0.1) is 18.0 Å². The van der Waals surface area contributed by atoms with Gasteiger partial charge in [0.2, 0.25) is 17.7 Å². The van der Waals surface area contributed by atoms with Crippen molar-refractivity contribution < 1.29 is 14.3 Å². The van der Waals surface area contributed by atoms with Crippen LogP contribution in [0, 0.1) is 0 Å². The number of ether oxygens (including phenoxy) is 1. The summed E-state index contributed by atoms with van der Waals surface area (Å²) < 4.78 is 5.05. The number of nitrogens with one attached hydrogen (secondary N) is 2. The van der Waals surface area contributed by atoms with Crippen LogP contribution in [0.5, 0.6) is 5.88 Å². The van der Waals surface area contributed by atoms with E-state index in [-0.39, 0.29) is 18.2 Å². The number of amides is 2. The predicted molar refractivity (Wildman–Crippen MR) is 97.0 cm³/mol. The number of thioether (sulfide) groups is 1. The number of hydrogen-bond donors (Lipinski definition) is 2. The highest BCUT2D eigenvalue weighted by Crippen LogP contribution is 2.38. The largest absolute Gasteiger partial charge is 0.481 e. The lowest BCUT2D eigenvalue weighted by molar-refractivity contribution is -0.124. The molecule has 1 aromatic carbocycles. The maximum atomic E-state index is 12.2. The number of carbonyl (C=O) groups is 2. The summed E-state index contributed by atoms with van der Waals surface area (Å²) in [6, 6.07) is 8.86. The summed E-state index contributed by atoms with van der Waals surface area (Å²) in [5.41, 5.74) is 1.56. The summed E-state index contributed by atoms with van der Waals surface area (Å²) in [7, 11) is 1.54. The van der Waals surface area contributed by atoms with Crippen LogP contribution in [0.1, 0.15) is 12.0 Å². The van der Waals surface area contributed by atoms with Crippen molar-refractivity contribution in [3.05, 3.63) is 47.1 Å². The molecular weight excluding hydrogens is 362 g/mol. The van der Waals surface area contributed by atoms with Crippen molar-refractivity contribution in [3.8, 4) is 5.88 Å². The third-order valence-electron chi connectivity index (χ3n) is 3.63. The zero-order valence-electron chi connectivity index (χ0n) is 13.4. The van der Waals surface area contributed by atoms with Crippen LogP contribution in [-0.2, 0) is 16.1 Å². The number of benzene rings is 1. The monoisotopic (exact) mass is 377 g/mol. The highest BCUT2D eigenvalue weighted by atomic mass is 35.5. The van der Waals surface area contributed by atoms with E-state index in [1.807, 2.05) is 6.07 Å². The number of rotatable bonds is 5. The third-order valence-corrected chi connectivity index (χ3v) is 5.14. The molecule has 1 unspecified atom stereocenters. The Morgan fingerprint density at radius 1 is 1.40 bits per heavy atom. The van der Waals surface area contributed by atoms with E-state index in [0.717, 1.165) is 10.5 Å². The molecule has 2 N–H and O–H groups in total. The Hall–Kier alpha value is -2.25. The van der Waals surface area contributed by atoms with Gasteiger partial charge in [-0.15, -0.1) is 11.8 Å². The second kappa shape index (κ2) is 7.76. The Bertz CT molecular complexity index is 815. The molecule has 6 nitrogen and oxygen atoms in total. The van der Waals surface area contributed by atoms with Gasteiger partial charge in [0.1, 0.15) is 0 Å². The number of fused-ring (bicyclic) bond motifs is 1. The smallest absolute Gasteiger partial charge is 0.238 e. The van der Waals surface area contributed by atoms with Crippen LogP contribution in [0.15, 0.2) is 41.4 Å². The molecule has 0 fully saturated rings. The summed E-state index contributed by atoms with van der Waals surface area (Å²) in [5, 5.41) is 5.70. The summed E-state index contributed by atoms with van der Waals surface area (Å²) in [4.78, 5) is 29.3. The van der Waals surface area contributed by atoms with Crippen LogP contribution in [0.3, 0.4) is 0 Å². The molecule has 0 bridgehead atoms. The van der Waals surface area contributed by atoms with E-state index >= 15 is 0 Å². The van der Waals surface area contributed by atoms with E-state index < -0.39 is 5.25 Å². The van der Waals surface area contributed by atoms with E-state index in [9.17, 15) is 9.59 Å².